The highest BCUT2D eigenvalue weighted by molar-refractivity contribution is 6.05. The Labute approximate surface area is 155 Å². The Bertz CT molecular complexity index is 732. The Morgan fingerprint density at radius 1 is 1.08 bits per heavy atom. The zero-order valence-corrected chi connectivity index (χ0v) is 16.0. The van der Waals surface area contributed by atoms with Crippen molar-refractivity contribution < 1.29 is 19.8 Å². The predicted octanol–water partition coefficient (Wildman–Crippen LogP) is 4.66. The molecule has 0 spiro atoms. The third-order valence-electron chi connectivity index (χ3n) is 8.83. The number of carbonyl (C=O) groups excluding carboxylic acids is 2. The summed E-state index contributed by atoms with van der Waals surface area (Å²) in [5.74, 6) is 0.469. The van der Waals surface area contributed by atoms with Crippen molar-refractivity contribution in [3.8, 4) is 0 Å². The summed E-state index contributed by atoms with van der Waals surface area (Å²) in [5, 5.41) is 20.4. The molecule has 3 fully saturated rings. The van der Waals surface area contributed by atoms with Crippen molar-refractivity contribution in [2.45, 2.75) is 65.7 Å². The first kappa shape index (κ1) is 17.8. The average Bonchev–Trinajstić information content (AvgIpc) is 2.98. The van der Waals surface area contributed by atoms with Gasteiger partial charge < -0.3 is 10.2 Å². The summed E-state index contributed by atoms with van der Waals surface area (Å²) >= 11 is 0. The molecule has 0 aromatic carbocycles. The Balaban J connectivity index is 1.78. The van der Waals surface area contributed by atoms with E-state index in [1.807, 2.05) is 6.92 Å². The molecule has 26 heavy (non-hydrogen) atoms. The Morgan fingerprint density at radius 2 is 1.81 bits per heavy atom. The van der Waals surface area contributed by atoms with Crippen molar-refractivity contribution in [2.24, 2.45) is 34.5 Å². The van der Waals surface area contributed by atoms with Gasteiger partial charge in [0.2, 0.25) is 11.5 Å². The summed E-state index contributed by atoms with van der Waals surface area (Å²) in [6.07, 6.45) is 8.05. The third-order valence-corrected chi connectivity index (χ3v) is 8.83. The molecule has 4 aliphatic rings. The first-order valence-electron chi connectivity index (χ1n) is 10.2. The van der Waals surface area contributed by atoms with Gasteiger partial charge in [0.1, 0.15) is 0 Å². The molecular formula is C22H30O4. The fraction of sp³-hybridized carbons (Fsp3) is 0.727. The normalized spacial score (nSPS) is 45.3. The van der Waals surface area contributed by atoms with Crippen LogP contribution in [0.5, 0.6) is 0 Å². The number of fused-ring (bicyclic) bond motifs is 5. The summed E-state index contributed by atoms with van der Waals surface area (Å²) in [6.45, 7) is 6.65. The summed E-state index contributed by atoms with van der Waals surface area (Å²) < 4.78 is 0. The van der Waals surface area contributed by atoms with E-state index in [1.165, 1.54) is 19.3 Å². The number of ketones is 1. The molecule has 142 valence electrons. The van der Waals surface area contributed by atoms with Gasteiger partial charge >= 0.3 is 0 Å². The van der Waals surface area contributed by atoms with Crippen molar-refractivity contribution in [1.29, 1.82) is 0 Å². The van der Waals surface area contributed by atoms with Crippen molar-refractivity contribution in [3.05, 3.63) is 22.7 Å². The largest absolute Gasteiger partial charge is 0.504 e. The number of rotatable bonds is 2. The van der Waals surface area contributed by atoms with Crippen LogP contribution >= 0.6 is 0 Å². The lowest BCUT2D eigenvalue weighted by Gasteiger charge is -2.57. The van der Waals surface area contributed by atoms with Crippen LogP contribution in [0.1, 0.15) is 65.7 Å². The van der Waals surface area contributed by atoms with Crippen LogP contribution in [0.15, 0.2) is 22.7 Å². The second kappa shape index (κ2) is 5.71. The van der Waals surface area contributed by atoms with Crippen molar-refractivity contribution in [2.75, 3.05) is 0 Å². The molecule has 4 heteroatoms. The van der Waals surface area contributed by atoms with Gasteiger partial charge in [0.25, 0.3) is 0 Å². The van der Waals surface area contributed by atoms with E-state index in [4.69, 9.17) is 0 Å². The molecular weight excluding hydrogens is 328 g/mol. The summed E-state index contributed by atoms with van der Waals surface area (Å²) in [4.78, 5) is 24.7. The van der Waals surface area contributed by atoms with Gasteiger partial charge in [0.05, 0.1) is 11.0 Å². The van der Waals surface area contributed by atoms with Crippen LogP contribution in [-0.4, -0.2) is 22.3 Å². The topological polar surface area (TPSA) is 74.6 Å². The highest BCUT2D eigenvalue weighted by Gasteiger charge is 2.62. The molecule has 4 aliphatic carbocycles. The fourth-order valence-electron chi connectivity index (χ4n) is 7.45. The summed E-state index contributed by atoms with van der Waals surface area (Å²) in [5.41, 5.74) is 0.414. The standard InChI is InChI=1S/C22H30O4/c1-4-12-5-7-15-13-6-8-16-14(11-23)18(24)19(25)20(26)22(16,3)17(13)9-10-21(12,15)2/h11-13,15,17,24-25H,4-10H2,1-3H3/t12-,13+,15+,17+,21-,22+/m1/s1. The number of carbonyl (C=O) groups is 2. The number of allylic oxidation sites excluding steroid dienone is 3. The van der Waals surface area contributed by atoms with Crippen LogP contribution in [0.4, 0.5) is 0 Å². The van der Waals surface area contributed by atoms with Crippen LogP contribution in [0.25, 0.3) is 0 Å². The number of aliphatic hydroxyl groups excluding tert-OH is 2. The van der Waals surface area contributed by atoms with Gasteiger partial charge in [-0.1, -0.05) is 20.3 Å². The van der Waals surface area contributed by atoms with E-state index in [2.05, 4.69) is 13.8 Å². The molecule has 4 rings (SSSR count). The van der Waals surface area contributed by atoms with E-state index >= 15 is 0 Å². The van der Waals surface area contributed by atoms with Gasteiger partial charge in [-0.15, -0.1) is 0 Å². The van der Waals surface area contributed by atoms with Gasteiger partial charge in [-0.25, -0.2) is 0 Å². The number of aldehydes is 1. The van der Waals surface area contributed by atoms with Crippen LogP contribution in [0, 0.1) is 34.5 Å². The zero-order valence-electron chi connectivity index (χ0n) is 16.0. The minimum Gasteiger partial charge on any atom is -0.504 e. The zero-order chi connectivity index (χ0) is 18.9. The molecule has 0 bridgehead atoms. The SMILES string of the molecule is CC[C@@H]1CC[C@H]2[C@@H]3CCC4=C(C=O)C(O)=C(O)C(=O)[C@]4(C)[C@H]3CC[C@]12C. The first-order valence-corrected chi connectivity index (χ1v) is 10.2. The number of aliphatic hydroxyl groups is 2. The molecule has 0 aromatic rings. The molecule has 0 aromatic heterocycles. The molecule has 6 atom stereocenters. The van der Waals surface area contributed by atoms with E-state index in [-0.39, 0.29) is 17.3 Å². The molecule has 3 saturated carbocycles. The molecule has 0 unspecified atom stereocenters. The fourth-order valence-corrected chi connectivity index (χ4v) is 7.45. The highest BCUT2D eigenvalue weighted by atomic mass is 16.3. The first-order chi connectivity index (χ1) is 12.3. The van der Waals surface area contributed by atoms with Crippen LogP contribution in [0.2, 0.25) is 0 Å². The van der Waals surface area contributed by atoms with Gasteiger partial charge in [0, 0.05) is 0 Å². The Kier molecular flexibility index (Phi) is 3.91. The summed E-state index contributed by atoms with van der Waals surface area (Å²) in [6, 6.07) is 0. The molecule has 2 N–H and O–H groups in total. The molecule has 0 radical (unpaired) electrons. The number of Topliss-reactive ketones (excluding diaryl/α,β-unsaturated/α-hetero) is 1. The monoisotopic (exact) mass is 358 g/mol. The van der Waals surface area contributed by atoms with Gasteiger partial charge in [0.15, 0.2) is 12.0 Å². The van der Waals surface area contributed by atoms with Crippen LogP contribution in [-0.2, 0) is 9.59 Å². The Hall–Kier alpha value is -1.58. The smallest absolute Gasteiger partial charge is 0.211 e. The van der Waals surface area contributed by atoms with Crippen molar-refractivity contribution >= 4 is 12.1 Å². The molecule has 0 amide bonds. The van der Waals surface area contributed by atoms with E-state index in [9.17, 15) is 19.8 Å². The van der Waals surface area contributed by atoms with Crippen LogP contribution < -0.4 is 0 Å². The molecule has 0 aliphatic heterocycles. The molecule has 0 heterocycles. The molecule has 0 saturated heterocycles. The maximum Gasteiger partial charge on any atom is 0.211 e. The maximum absolute atomic E-state index is 13.1. The van der Waals surface area contributed by atoms with E-state index in [0.29, 0.717) is 30.0 Å². The third kappa shape index (κ3) is 1.96. The van der Waals surface area contributed by atoms with Gasteiger partial charge in [-0.05, 0) is 80.1 Å². The van der Waals surface area contributed by atoms with E-state index in [1.54, 1.807) is 0 Å². The lowest BCUT2D eigenvalue weighted by atomic mass is 9.46. The van der Waals surface area contributed by atoms with E-state index < -0.39 is 16.9 Å². The quantitative estimate of drug-likeness (QED) is 0.704. The highest BCUT2D eigenvalue weighted by Crippen LogP contribution is 2.67. The number of hydrogen-bond donors (Lipinski definition) is 2. The van der Waals surface area contributed by atoms with Gasteiger partial charge in [-0.3, -0.25) is 9.59 Å². The lowest BCUT2D eigenvalue weighted by molar-refractivity contribution is -0.136. The average molecular weight is 358 g/mol. The second-order valence-corrected chi connectivity index (χ2v) is 9.38. The Morgan fingerprint density at radius 3 is 2.46 bits per heavy atom. The minimum atomic E-state index is -0.846. The van der Waals surface area contributed by atoms with Gasteiger partial charge in [-0.2, -0.15) is 0 Å². The van der Waals surface area contributed by atoms with Crippen molar-refractivity contribution in [3.63, 3.8) is 0 Å². The van der Waals surface area contributed by atoms with E-state index in [0.717, 1.165) is 30.8 Å². The second-order valence-electron chi connectivity index (χ2n) is 9.38. The summed E-state index contributed by atoms with van der Waals surface area (Å²) in [7, 11) is 0. The predicted molar refractivity (Wildman–Crippen MR) is 98.5 cm³/mol. The molecule has 4 nitrogen and oxygen atoms in total. The maximum atomic E-state index is 13.1. The number of hydrogen-bond acceptors (Lipinski definition) is 4. The van der Waals surface area contributed by atoms with Crippen LogP contribution in [0.3, 0.4) is 0 Å². The van der Waals surface area contributed by atoms with Crippen molar-refractivity contribution in [1.82, 2.24) is 0 Å². The minimum absolute atomic E-state index is 0.147. The lowest BCUT2D eigenvalue weighted by Crippen LogP contribution is -2.54.